The minimum atomic E-state index is -0.221. The van der Waals surface area contributed by atoms with E-state index in [0.717, 1.165) is 32.7 Å². The number of rotatable bonds is 8. The molecular formula is C25H35N7O. The van der Waals surface area contributed by atoms with E-state index in [2.05, 4.69) is 52.9 Å². The van der Waals surface area contributed by atoms with Gasteiger partial charge in [-0.1, -0.05) is 39.8 Å². The Hall–Kier alpha value is -2.86. The fourth-order valence-electron chi connectivity index (χ4n) is 3.73. The van der Waals surface area contributed by atoms with E-state index in [1.807, 2.05) is 30.3 Å². The molecule has 8 nitrogen and oxygen atoms in total. The first kappa shape index (κ1) is 24.8. The third kappa shape index (κ3) is 7.32. The van der Waals surface area contributed by atoms with Gasteiger partial charge in [0.25, 0.3) is 5.91 Å². The van der Waals surface area contributed by atoms with Gasteiger partial charge in [0.1, 0.15) is 6.07 Å². The van der Waals surface area contributed by atoms with E-state index in [4.69, 9.17) is 5.26 Å². The van der Waals surface area contributed by atoms with Gasteiger partial charge in [0, 0.05) is 57.1 Å². The minimum absolute atomic E-state index is 0.0252. The molecule has 0 aliphatic carbocycles. The van der Waals surface area contributed by atoms with Crippen LogP contribution in [0.4, 0.5) is 5.82 Å². The van der Waals surface area contributed by atoms with Crippen molar-refractivity contribution in [3.8, 4) is 6.07 Å². The van der Waals surface area contributed by atoms with E-state index < -0.39 is 0 Å². The lowest BCUT2D eigenvalue weighted by atomic mass is 9.97. The number of benzene rings is 1. The summed E-state index contributed by atoms with van der Waals surface area (Å²) in [7, 11) is 0. The highest BCUT2D eigenvalue weighted by atomic mass is 16.2. The van der Waals surface area contributed by atoms with E-state index in [1.54, 1.807) is 6.07 Å². The maximum atomic E-state index is 13.4. The summed E-state index contributed by atoms with van der Waals surface area (Å²) in [5, 5.41) is 10.6. The molecule has 1 aliphatic heterocycles. The minimum Gasteiger partial charge on any atom is -0.301 e. The number of carbonyl (C=O) groups is 1. The average molecular weight is 450 g/mol. The Labute approximate surface area is 197 Å². The number of amides is 1. The molecular weight excluding hydrogens is 414 g/mol. The summed E-state index contributed by atoms with van der Waals surface area (Å²) >= 11 is 0. The summed E-state index contributed by atoms with van der Waals surface area (Å²) in [6, 6.07) is 11.3. The Morgan fingerprint density at radius 2 is 1.79 bits per heavy atom. The molecule has 2 heterocycles. The second-order valence-corrected chi connectivity index (χ2v) is 9.70. The SMILES string of the molecule is CCCN1CCN(Cc2ccc(C(=O)N(NCC(C)(C)C)c3ccnc(C#N)n3)cc2)CC1. The molecule has 0 spiro atoms. The zero-order valence-corrected chi connectivity index (χ0v) is 20.2. The fraction of sp³-hybridized carbons (Fsp3) is 0.520. The van der Waals surface area contributed by atoms with Gasteiger partial charge in [-0.05, 0) is 36.1 Å². The van der Waals surface area contributed by atoms with Crippen molar-refractivity contribution in [2.24, 2.45) is 5.41 Å². The summed E-state index contributed by atoms with van der Waals surface area (Å²) in [4.78, 5) is 26.5. The van der Waals surface area contributed by atoms with Crippen LogP contribution in [0.5, 0.6) is 0 Å². The highest BCUT2D eigenvalue weighted by Gasteiger charge is 2.22. The van der Waals surface area contributed by atoms with Gasteiger partial charge in [0.15, 0.2) is 5.82 Å². The summed E-state index contributed by atoms with van der Waals surface area (Å²) in [6.07, 6.45) is 2.69. The molecule has 1 aliphatic rings. The van der Waals surface area contributed by atoms with Crippen LogP contribution >= 0.6 is 0 Å². The number of hydrogen-bond acceptors (Lipinski definition) is 7. The molecule has 8 heteroatoms. The molecule has 1 fully saturated rings. The molecule has 1 saturated heterocycles. The molecule has 0 radical (unpaired) electrons. The van der Waals surface area contributed by atoms with Gasteiger partial charge in [-0.25, -0.2) is 15.4 Å². The van der Waals surface area contributed by atoms with E-state index in [0.29, 0.717) is 17.9 Å². The van der Waals surface area contributed by atoms with Crippen molar-refractivity contribution in [3.05, 3.63) is 53.5 Å². The Balaban J connectivity index is 1.70. The van der Waals surface area contributed by atoms with Crippen LogP contribution in [0.2, 0.25) is 0 Å². The number of anilines is 1. The molecule has 176 valence electrons. The van der Waals surface area contributed by atoms with E-state index >= 15 is 0 Å². The van der Waals surface area contributed by atoms with Crippen LogP contribution in [0.1, 0.15) is 55.9 Å². The van der Waals surface area contributed by atoms with Gasteiger partial charge < -0.3 is 4.90 Å². The molecule has 0 atom stereocenters. The summed E-state index contributed by atoms with van der Waals surface area (Å²) in [5.74, 6) is 0.156. The first-order valence-electron chi connectivity index (χ1n) is 11.6. The molecule has 0 bridgehead atoms. The number of aromatic nitrogens is 2. The summed E-state index contributed by atoms with van der Waals surface area (Å²) in [5.41, 5.74) is 4.90. The average Bonchev–Trinajstić information content (AvgIpc) is 2.80. The number of piperazine rings is 1. The molecule has 1 amide bonds. The first-order chi connectivity index (χ1) is 15.8. The Morgan fingerprint density at radius 1 is 1.12 bits per heavy atom. The second-order valence-electron chi connectivity index (χ2n) is 9.70. The maximum Gasteiger partial charge on any atom is 0.274 e. The first-order valence-corrected chi connectivity index (χ1v) is 11.6. The van der Waals surface area contributed by atoms with Crippen molar-refractivity contribution < 1.29 is 4.79 Å². The van der Waals surface area contributed by atoms with Crippen molar-refractivity contribution in [1.29, 1.82) is 5.26 Å². The topological polar surface area (TPSA) is 88.4 Å². The highest BCUT2D eigenvalue weighted by molar-refractivity contribution is 6.04. The van der Waals surface area contributed by atoms with Crippen molar-refractivity contribution in [1.82, 2.24) is 25.2 Å². The van der Waals surface area contributed by atoms with Crippen molar-refractivity contribution in [3.63, 3.8) is 0 Å². The van der Waals surface area contributed by atoms with Gasteiger partial charge in [-0.3, -0.25) is 9.69 Å². The molecule has 1 N–H and O–H groups in total. The lowest BCUT2D eigenvalue weighted by Gasteiger charge is -2.34. The van der Waals surface area contributed by atoms with Gasteiger partial charge in [-0.15, -0.1) is 0 Å². The molecule has 0 saturated carbocycles. The Kier molecular flexibility index (Phi) is 8.50. The molecule has 2 aromatic rings. The number of nitrogens with one attached hydrogen (secondary N) is 1. The van der Waals surface area contributed by atoms with Crippen molar-refractivity contribution in [2.75, 3.05) is 44.3 Å². The lowest BCUT2D eigenvalue weighted by molar-refractivity contribution is 0.0969. The van der Waals surface area contributed by atoms with Crippen LogP contribution in [0, 0.1) is 16.7 Å². The molecule has 0 unspecified atom stereocenters. The van der Waals surface area contributed by atoms with E-state index in [-0.39, 0.29) is 17.1 Å². The van der Waals surface area contributed by atoms with Crippen LogP contribution in [-0.2, 0) is 6.54 Å². The van der Waals surface area contributed by atoms with Crippen LogP contribution < -0.4 is 10.4 Å². The largest absolute Gasteiger partial charge is 0.301 e. The van der Waals surface area contributed by atoms with Gasteiger partial charge in [0.2, 0.25) is 5.82 Å². The normalized spacial score (nSPS) is 15.2. The van der Waals surface area contributed by atoms with Crippen LogP contribution in [0.25, 0.3) is 0 Å². The van der Waals surface area contributed by atoms with Crippen molar-refractivity contribution in [2.45, 2.75) is 40.7 Å². The fourth-order valence-corrected chi connectivity index (χ4v) is 3.73. The summed E-state index contributed by atoms with van der Waals surface area (Å²) in [6.45, 7) is 15.5. The van der Waals surface area contributed by atoms with Gasteiger partial charge in [0.05, 0.1) is 0 Å². The molecule has 33 heavy (non-hydrogen) atoms. The third-order valence-electron chi connectivity index (χ3n) is 5.55. The third-order valence-corrected chi connectivity index (χ3v) is 5.55. The van der Waals surface area contributed by atoms with Crippen LogP contribution in [-0.4, -0.2) is 64.9 Å². The maximum absolute atomic E-state index is 13.4. The van der Waals surface area contributed by atoms with Crippen molar-refractivity contribution >= 4 is 11.7 Å². The zero-order valence-electron chi connectivity index (χ0n) is 20.2. The van der Waals surface area contributed by atoms with E-state index in [9.17, 15) is 4.79 Å². The number of hydrazine groups is 1. The zero-order chi connectivity index (χ0) is 23.8. The Morgan fingerprint density at radius 3 is 2.39 bits per heavy atom. The molecule has 1 aromatic heterocycles. The second kappa shape index (κ2) is 11.3. The standard InChI is InChI=1S/C25H35N7O/c1-5-12-30-13-15-31(16-14-30)18-20-6-8-21(9-7-20)24(33)32(28-19-25(2,3)4)23-10-11-27-22(17-26)29-23/h6-11,28H,5,12-16,18-19H2,1-4H3. The smallest absolute Gasteiger partial charge is 0.274 e. The molecule has 1 aromatic carbocycles. The predicted molar refractivity (Wildman–Crippen MR) is 129 cm³/mol. The monoisotopic (exact) mass is 449 g/mol. The highest BCUT2D eigenvalue weighted by Crippen LogP contribution is 2.17. The van der Waals surface area contributed by atoms with Gasteiger partial charge >= 0.3 is 0 Å². The lowest BCUT2D eigenvalue weighted by Crippen LogP contribution is -2.47. The Bertz CT molecular complexity index is 954. The number of carbonyl (C=O) groups excluding carboxylic acids is 1. The number of nitrogens with zero attached hydrogens (tertiary/aromatic N) is 6. The van der Waals surface area contributed by atoms with Crippen LogP contribution in [0.3, 0.4) is 0 Å². The quantitative estimate of drug-likeness (QED) is 0.620. The number of nitriles is 1. The van der Waals surface area contributed by atoms with Gasteiger partial charge in [-0.2, -0.15) is 10.2 Å². The predicted octanol–water partition coefficient (Wildman–Crippen LogP) is 3.07. The van der Waals surface area contributed by atoms with Crippen LogP contribution in [0.15, 0.2) is 36.5 Å². The molecule has 3 rings (SSSR count). The summed E-state index contributed by atoms with van der Waals surface area (Å²) < 4.78 is 0. The number of hydrogen-bond donors (Lipinski definition) is 1. The van der Waals surface area contributed by atoms with E-state index in [1.165, 1.54) is 29.7 Å².